The van der Waals surface area contributed by atoms with Gasteiger partial charge < -0.3 is 10.2 Å². The summed E-state index contributed by atoms with van der Waals surface area (Å²) in [5.74, 6) is -1.37. The Bertz CT molecular complexity index is 883. The largest absolute Gasteiger partial charge is 0.354 e. The monoisotopic (exact) mass is 453 g/mol. The normalized spacial score (nSPS) is 20.5. The van der Waals surface area contributed by atoms with Crippen LogP contribution in [0.4, 0.5) is 0 Å². The van der Waals surface area contributed by atoms with Crippen LogP contribution in [0.5, 0.6) is 0 Å². The van der Waals surface area contributed by atoms with Crippen molar-refractivity contribution in [2.75, 3.05) is 13.1 Å². The molecule has 1 fully saturated rings. The second-order valence-corrected chi connectivity index (χ2v) is 8.96. The molecule has 1 aliphatic heterocycles. The zero-order valence-electron chi connectivity index (χ0n) is 19.9. The Balaban J connectivity index is 1.73. The lowest BCUT2D eigenvalue weighted by Crippen LogP contribution is -2.49. The van der Waals surface area contributed by atoms with Gasteiger partial charge in [-0.2, -0.15) is 0 Å². The predicted octanol–water partition coefficient (Wildman–Crippen LogP) is 2.97. The summed E-state index contributed by atoms with van der Waals surface area (Å²) < 4.78 is 0. The van der Waals surface area contributed by atoms with Crippen LogP contribution in [0.1, 0.15) is 57.1 Å². The highest BCUT2D eigenvalue weighted by Crippen LogP contribution is 2.35. The number of aryl methyl sites for hydroxylation is 1. The van der Waals surface area contributed by atoms with E-state index in [0.29, 0.717) is 32.4 Å². The molecule has 1 N–H and O–H groups in total. The van der Waals surface area contributed by atoms with Gasteiger partial charge in [0.25, 0.3) is 0 Å². The molecule has 3 atom stereocenters. The maximum atomic E-state index is 13.4. The Kier molecular flexibility index (Phi) is 8.42. The molecule has 0 saturated carbocycles. The molecule has 0 radical (unpaired) electrons. The number of rotatable bonds is 10. The highest BCUT2D eigenvalue weighted by molar-refractivity contribution is 6.05. The molecule has 1 saturated heterocycles. The van der Waals surface area contributed by atoms with Gasteiger partial charge in [-0.25, -0.2) is 0 Å². The van der Waals surface area contributed by atoms with E-state index in [1.807, 2.05) is 57.2 Å². The number of benzene rings is 1. The highest BCUT2D eigenvalue weighted by atomic mass is 16.2. The first-order chi connectivity index (χ1) is 15.9. The van der Waals surface area contributed by atoms with Crippen LogP contribution in [0.15, 0.2) is 36.4 Å². The molecule has 1 aromatic rings. The minimum absolute atomic E-state index is 0.00771. The van der Waals surface area contributed by atoms with E-state index in [1.165, 1.54) is 4.90 Å². The smallest absolute Gasteiger partial charge is 0.242 e. The summed E-state index contributed by atoms with van der Waals surface area (Å²) in [5, 5.41) is 2.90. The fourth-order valence-electron chi connectivity index (χ4n) is 4.62. The van der Waals surface area contributed by atoms with E-state index < -0.39 is 6.04 Å². The number of carbonyl (C=O) groups is 4. The second kappa shape index (κ2) is 11.3. The van der Waals surface area contributed by atoms with Crippen LogP contribution in [0.3, 0.4) is 0 Å². The van der Waals surface area contributed by atoms with E-state index in [-0.39, 0.29) is 48.4 Å². The summed E-state index contributed by atoms with van der Waals surface area (Å²) in [6, 6.07) is 7.26. The maximum absolute atomic E-state index is 13.4. The van der Waals surface area contributed by atoms with Crippen molar-refractivity contribution >= 4 is 23.6 Å². The van der Waals surface area contributed by atoms with Crippen molar-refractivity contribution in [2.24, 2.45) is 11.8 Å². The van der Waals surface area contributed by atoms with E-state index in [2.05, 4.69) is 5.32 Å². The molecule has 1 heterocycles. The van der Waals surface area contributed by atoms with Crippen molar-refractivity contribution in [3.05, 3.63) is 47.5 Å². The summed E-state index contributed by atoms with van der Waals surface area (Å²) in [4.78, 5) is 54.5. The molecule has 7 nitrogen and oxygen atoms in total. The standard InChI is InChI=1S/C26H35N3O4/c1-4-15-27-24(31)22(5-2)29(17-19-12-10-18(3)11-13-19)23(30)14-16-28-25(32)20-8-6-7-9-21(20)26(28)33/h6-7,10-13,20-22H,4-5,8-9,14-17H2,1-3H3,(H,27,31)/t20-,21+,22-/m1/s1. The molecule has 3 rings (SSSR count). The molecular weight excluding hydrogens is 418 g/mol. The van der Waals surface area contributed by atoms with Crippen molar-refractivity contribution in [2.45, 2.75) is 65.5 Å². The minimum atomic E-state index is -0.609. The third-order valence-corrected chi connectivity index (χ3v) is 6.56. The second-order valence-electron chi connectivity index (χ2n) is 8.96. The summed E-state index contributed by atoms with van der Waals surface area (Å²) in [6.45, 7) is 6.77. The Morgan fingerprint density at radius 1 is 1.06 bits per heavy atom. The van der Waals surface area contributed by atoms with Gasteiger partial charge in [0.1, 0.15) is 6.04 Å². The van der Waals surface area contributed by atoms with Gasteiger partial charge in [0.2, 0.25) is 23.6 Å². The van der Waals surface area contributed by atoms with Crippen LogP contribution in [-0.4, -0.2) is 52.6 Å². The molecule has 0 unspecified atom stereocenters. The summed E-state index contributed by atoms with van der Waals surface area (Å²) >= 11 is 0. The first-order valence-corrected chi connectivity index (χ1v) is 12.0. The SMILES string of the molecule is CCCNC(=O)[C@@H](CC)N(Cc1ccc(C)cc1)C(=O)CCN1C(=O)[C@H]2CC=CC[C@H]2C1=O. The van der Waals surface area contributed by atoms with Crippen molar-refractivity contribution in [1.29, 1.82) is 0 Å². The topological polar surface area (TPSA) is 86.8 Å². The average Bonchev–Trinajstić information content (AvgIpc) is 3.07. The number of likely N-dealkylation sites (tertiary alicyclic amines) is 1. The number of carbonyl (C=O) groups excluding carboxylic acids is 4. The molecule has 0 spiro atoms. The number of nitrogens with zero attached hydrogens (tertiary/aromatic N) is 2. The number of imide groups is 1. The molecule has 4 amide bonds. The molecule has 7 heteroatoms. The molecule has 1 aliphatic carbocycles. The van der Waals surface area contributed by atoms with Crippen LogP contribution in [-0.2, 0) is 25.7 Å². The van der Waals surface area contributed by atoms with Gasteiger partial charge in [0.05, 0.1) is 11.8 Å². The first kappa shape index (κ1) is 24.7. The Hall–Kier alpha value is -2.96. The summed E-state index contributed by atoms with van der Waals surface area (Å²) in [5.41, 5.74) is 2.05. The quantitative estimate of drug-likeness (QED) is 0.436. The van der Waals surface area contributed by atoms with Gasteiger partial charge in [0, 0.05) is 26.1 Å². The van der Waals surface area contributed by atoms with Crippen LogP contribution < -0.4 is 5.32 Å². The van der Waals surface area contributed by atoms with E-state index in [1.54, 1.807) is 4.90 Å². The van der Waals surface area contributed by atoms with Gasteiger partial charge in [-0.05, 0) is 38.2 Å². The van der Waals surface area contributed by atoms with E-state index in [9.17, 15) is 19.2 Å². The predicted molar refractivity (Wildman–Crippen MR) is 126 cm³/mol. The zero-order valence-corrected chi connectivity index (χ0v) is 19.9. The molecule has 2 aliphatic rings. The lowest BCUT2D eigenvalue weighted by atomic mass is 9.85. The van der Waals surface area contributed by atoms with E-state index in [4.69, 9.17) is 0 Å². The number of amides is 4. The Labute approximate surface area is 196 Å². The van der Waals surface area contributed by atoms with Crippen LogP contribution in [0.25, 0.3) is 0 Å². The Morgan fingerprint density at radius 2 is 1.67 bits per heavy atom. The minimum Gasteiger partial charge on any atom is -0.354 e. The van der Waals surface area contributed by atoms with Gasteiger partial charge in [-0.1, -0.05) is 55.8 Å². The fraction of sp³-hybridized carbons (Fsp3) is 0.538. The number of allylic oxidation sites excluding steroid dienone is 2. The lowest BCUT2D eigenvalue weighted by Gasteiger charge is -2.31. The van der Waals surface area contributed by atoms with Crippen molar-refractivity contribution in [1.82, 2.24) is 15.1 Å². The van der Waals surface area contributed by atoms with Crippen molar-refractivity contribution in [3.63, 3.8) is 0 Å². The molecule has 33 heavy (non-hydrogen) atoms. The molecule has 0 aromatic heterocycles. The number of nitrogens with one attached hydrogen (secondary N) is 1. The molecule has 178 valence electrons. The third-order valence-electron chi connectivity index (χ3n) is 6.56. The van der Waals surface area contributed by atoms with Crippen LogP contribution in [0.2, 0.25) is 0 Å². The number of hydrogen-bond acceptors (Lipinski definition) is 4. The van der Waals surface area contributed by atoms with Crippen LogP contribution in [0, 0.1) is 18.8 Å². The molecule has 1 aromatic carbocycles. The van der Waals surface area contributed by atoms with Crippen LogP contribution >= 0.6 is 0 Å². The average molecular weight is 454 g/mol. The van der Waals surface area contributed by atoms with E-state index in [0.717, 1.165) is 17.5 Å². The maximum Gasteiger partial charge on any atom is 0.242 e. The van der Waals surface area contributed by atoms with Gasteiger partial charge in [-0.15, -0.1) is 0 Å². The number of hydrogen-bond donors (Lipinski definition) is 1. The van der Waals surface area contributed by atoms with E-state index >= 15 is 0 Å². The van der Waals surface area contributed by atoms with Gasteiger partial charge in [-0.3, -0.25) is 24.1 Å². The Morgan fingerprint density at radius 3 is 2.21 bits per heavy atom. The zero-order chi connectivity index (χ0) is 24.0. The third kappa shape index (κ3) is 5.70. The van der Waals surface area contributed by atoms with Gasteiger partial charge >= 0.3 is 0 Å². The first-order valence-electron chi connectivity index (χ1n) is 12.0. The lowest BCUT2D eigenvalue weighted by molar-refractivity contribution is -0.144. The fourth-order valence-corrected chi connectivity index (χ4v) is 4.62. The van der Waals surface area contributed by atoms with Gasteiger partial charge in [0.15, 0.2) is 0 Å². The number of fused-ring (bicyclic) bond motifs is 1. The molecular formula is C26H35N3O4. The molecule has 0 bridgehead atoms. The summed E-state index contributed by atoms with van der Waals surface area (Å²) in [7, 11) is 0. The van der Waals surface area contributed by atoms with Crippen molar-refractivity contribution in [3.8, 4) is 0 Å². The highest BCUT2D eigenvalue weighted by Gasteiger charge is 2.47. The van der Waals surface area contributed by atoms with Crippen molar-refractivity contribution < 1.29 is 19.2 Å². The summed E-state index contributed by atoms with van der Waals surface area (Å²) in [6.07, 6.45) is 6.35.